The first kappa shape index (κ1) is 15.2. The SMILES string of the molecule is COCC1CCN(S(=O)(=O)N2CCCC(CO)C2)C1. The molecule has 0 aliphatic carbocycles. The summed E-state index contributed by atoms with van der Waals surface area (Å²) < 4.78 is 33.3. The molecule has 2 atom stereocenters. The van der Waals surface area contributed by atoms with Crippen molar-refractivity contribution in [1.29, 1.82) is 0 Å². The summed E-state index contributed by atoms with van der Waals surface area (Å²) in [5.74, 6) is 0.388. The Balaban J connectivity index is 1.98. The normalized spacial score (nSPS) is 30.8. The molecule has 0 bridgehead atoms. The van der Waals surface area contributed by atoms with Crippen molar-refractivity contribution in [2.24, 2.45) is 11.8 Å². The Labute approximate surface area is 115 Å². The van der Waals surface area contributed by atoms with Crippen LogP contribution in [0.4, 0.5) is 0 Å². The standard InChI is InChI=1S/C12H24N2O4S/c1-18-10-12-4-6-14(8-12)19(16,17)13-5-2-3-11(7-13)9-15/h11-12,15H,2-10H2,1H3. The Morgan fingerprint density at radius 3 is 2.53 bits per heavy atom. The lowest BCUT2D eigenvalue weighted by Gasteiger charge is -2.33. The molecule has 2 heterocycles. The summed E-state index contributed by atoms with van der Waals surface area (Å²) in [7, 11) is -1.71. The highest BCUT2D eigenvalue weighted by Gasteiger charge is 2.37. The number of aliphatic hydroxyl groups excluding tert-OH is 1. The van der Waals surface area contributed by atoms with Crippen LogP contribution in [0.1, 0.15) is 19.3 Å². The van der Waals surface area contributed by atoms with E-state index >= 15 is 0 Å². The van der Waals surface area contributed by atoms with Gasteiger partial charge in [0.25, 0.3) is 10.2 Å². The highest BCUT2D eigenvalue weighted by molar-refractivity contribution is 7.86. The molecule has 6 nitrogen and oxygen atoms in total. The van der Waals surface area contributed by atoms with Crippen LogP contribution in [0.3, 0.4) is 0 Å². The van der Waals surface area contributed by atoms with Gasteiger partial charge in [0.1, 0.15) is 0 Å². The molecule has 0 aromatic heterocycles. The predicted octanol–water partition coefficient (Wildman–Crippen LogP) is -0.0962. The molecule has 0 amide bonds. The Morgan fingerprint density at radius 1 is 1.16 bits per heavy atom. The van der Waals surface area contributed by atoms with Gasteiger partial charge in [-0.1, -0.05) is 0 Å². The lowest BCUT2D eigenvalue weighted by molar-refractivity contribution is 0.154. The third-order valence-electron chi connectivity index (χ3n) is 4.04. The van der Waals surface area contributed by atoms with E-state index in [1.807, 2.05) is 0 Å². The van der Waals surface area contributed by atoms with Gasteiger partial charge < -0.3 is 9.84 Å². The van der Waals surface area contributed by atoms with E-state index in [2.05, 4.69) is 0 Å². The van der Waals surface area contributed by atoms with Crippen LogP contribution in [0.2, 0.25) is 0 Å². The molecule has 0 spiro atoms. The van der Waals surface area contributed by atoms with Gasteiger partial charge in [0, 0.05) is 39.9 Å². The number of hydrogen-bond acceptors (Lipinski definition) is 4. The maximum Gasteiger partial charge on any atom is 0.281 e. The van der Waals surface area contributed by atoms with Crippen molar-refractivity contribution in [3.8, 4) is 0 Å². The van der Waals surface area contributed by atoms with E-state index in [0.717, 1.165) is 19.3 Å². The molecule has 1 N–H and O–H groups in total. The van der Waals surface area contributed by atoms with Gasteiger partial charge in [-0.2, -0.15) is 17.0 Å². The molecule has 0 aromatic carbocycles. The van der Waals surface area contributed by atoms with Crippen LogP contribution in [0, 0.1) is 11.8 Å². The van der Waals surface area contributed by atoms with Crippen LogP contribution in [-0.2, 0) is 14.9 Å². The number of methoxy groups -OCH3 is 1. The molecule has 2 fully saturated rings. The zero-order chi connectivity index (χ0) is 13.9. The Kier molecular flexibility index (Phi) is 5.19. The van der Waals surface area contributed by atoms with Crippen molar-refractivity contribution in [3.63, 3.8) is 0 Å². The molecule has 2 rings (SSSR count). The van der Waals surface area contributed by atoms with Crippen LogP contribution < -0.4 is 0 Å². The lowest BCUT2D eigenvalue weighted by atomic mass is 10.0. The van der Waals surface area contributed by atoms with Gasteiger partial charge in [-0.3, -0.25) is 0 Å². The maximum absolute atomic E-state index is 12.5. The second-order valence-corrected chi connectivity index (χ2v) is 7.45. The van der Waals surface area contributed by atoms with E-state index in [1.54, 1.807) is 11.4 Å². The van der Waals surface area contributed by atoms with Gasteiger partial charge in [0.2, 0.25) is 0 Å². The molecule has 2 saturated heterocycles. The van der Waals surface area contributed by atoms with Gasteiger partial charge in [0.05, 0.1) is 6.61 Å². The monoisotopic (exact) mass is 292 g/mol. The first-order valence-corrected chi connectivity index (χ1v) is 8.32. The third kappa shape index (κ3) is 3.46. The van der Waals surface area contributed by atoms with E-state index in [1.165, 1.54) is 4.31 Å². The van der Waals surface area contributed by atoms with E-state index in [-0.39, 0.29) is 12.5 Å². The number of hydrogen-bond donors (Lipinski definition) is 1. The van der Waals surface area contributed by atoms with Gasteiger partial charge in [-0.15, -0.1) is 0 Å². The first-order chi connectivity index (χ1) is 9.07. The van der Waals surface area contributed by atoms with Crippen molar-refractivity contribution >= 4 is 10.2 Å². The number of rotatable bonds is 5. The fourth-order valence-electron chi connectivity index (χ4n) is 2.93. The number of aliphatic hydroxyl groups is 1. The van der Waals surface area contributed by atoms with Crippen molar-refractivity contribution in [2.75, 3.05) is 46.5 Å². The molecule has 19 heavy (non-hydrogen) atoms. The second-order valence-electron chi connectivity index (χ2n) is 5.52. The van der Waals surface area contributed by atoms with E-state index < -0.39 is 10.2 Å². The summed E-state index contributed by atoms with van der Waals surface area (Å²) in [6.45, 7) is 2.84. The average molecular weight is 292 g/mol. The molecule has 0 saturated carbocycles. The molecule has 2 aliphatic rings. The molecular formula is C12H24N2O4S. The Morgan fingerprint density at radius 2 is 1.84 bits per heavy atom. The topological polar surface area (TPSA) is 70.1 Å². The molecule has 0 radical (unpaired) electrons. The first-order valence-electron chi connectivity index (χ1n) is 6.93. The number of nitrogens with zero attached hydrogens (tertiary/aromatic N) is 2. The van der Waals surface area contributed by atoms with Crippen molar-refractivity contribution in [3.05, 3.63) is 0 Å². The minimum absolute atomic E-state index is 0.0678. The molecule has 2 unspecified atom stereocenters. The van der Waals surface area contributed by atoms with Crippen LogP contribution in [0.15, 0.2) is 0 Å². The largest absolute Gasteiger partial charge is 0.396 e. The summed E-state index contributed by atoms with van der Waals surface area (Å²) in [6, 6.07) is 0. The highest BCUT2D eigenvalue weighted by Crippen LogP contribution is 2.25. The quantitative estimate of drug-likeness (QED) is 0.768. The van der Waals surface area contributed by atoms with Gasteiger partial charge in [-0.25, -0.2) is 0 Å². The van der Waals surface area contributed by atoms with Crippen LogP contribution in [0.5, 0.6) is 0 Å². The molecule has 2 aliphatic heterocycles. The van der Waals surface area contributed by atoms with Crippen LogP contribution in [-0.4, -0.2) is 68.6 Å². The van der Waals surface area contributed by atoms with E-state index in [4.69, 9.17) is 4.74 Å². The third-order valence-corrected chi connectivity index (χ3v) is 6.01. The Hall–Kier alpha value is -0.210. The van der Waals surface area contributed by atoms with Gasteiger partial charge >= 0.3 is 0 Å². The zero-order valence-corrected chi connectivity index (χ0v) is 12.3. The zero-order valence-electron chi connectivity index (χ0n) is 11.5. The number of ether oxygens (including phenoxy) is 1. The summed E-state index contributed by atoms with van der Waals surface area (Å²) >= 11 is 0. The van der Waals surface area contributed by atoms with Crippen LogP contribution >= 0.6 is 0 Å². The second kappa shape index (κ2) is 6.49. The predicted molar refractivity (Wildman–Crippen MR) is 71.9 cm³/mol. The van der Waals surface area contributed by atoms with E-state index in [0.29, 0.717) is 38.7 Å². The van der Waals surface area contributed by atoms with Gasteiger partial charge in [-0.05, 0) is 31.1 Å². The smallest absolute Gasteiger partial charge is 0.281 e. The molecule has 0 aromatic rings. The lowest BCUT2D eigenvalue weighted by Crippen LogP contribution is -2.47. The van der Waals surface area contributed by atoms with E-state index in [9.17, 15) is 13.5 Å². The molecule has 112 valence electrons. The summed E-state index contributed by atoms with van der Waals surface area (Å²) in [5.41, 5.74) is 0. The minimum Gasteiger partial charge on any atom is -0.396 e. The average Bonchev–Trinajstić information content (AvgIpc) is 2.88. The van der Waals surface area contributed by atoms with Crippen molar-refractivity contribution in [2.45, 2.75) is 19.3 Å². The van der Waals surface area contributed by atoms with Crippen LogP contribution in [0.25, 0.3) is 0 Å². The summed E-state index contributed by atoms with van der Waals surface area (Å²) in [5, 5.41) is 9.20. The molecular weight excluding hydrogens is 268 g/mol. The van der Waals surface area contributed by atoms with Crippen molar-refractivity contribution < 1.29 is 18.3 Å². The number of piperidine rings is 1. The minimum atomic E-state index is -3.36. The molecule has 7 heteroatoms. The van der Waals surface area contributed by atoms with Gasteiger partial charge in [0.15, 0.2) is 0 Å². The maximum atomic E-state index is 12.5. The fourth-order valence-corrected chi connectivity index (χ4v) is 4.75. The summed E-state index contributed by atoms with van der Waals surface area (Å²) in [6.07, 6.45) is 2.61. The fraction of sp³-hybridized carbons (Fsp3) is 1.00. The summed E-state index contributed by atoms with van der Waals surface area (Å²) in [4.78, 5) is 0. The highest BCUT2D eigenvalue weighted by atomic mass is 32.2. The Bertz CT molecular complexity index is 387. The van der Waals surface area contributed by atoms with Crippen molar-refractivity contribution in [1.82, 2.24) is 8.61 Å².